The minimum atomic E-state index is -0.469. The molecule has 8 rings (SSSR count). The molecule has 4 bridgehead atoms. The second-order valence-electron chi connectivity index (χ2n) is 13.4. The minimum absolute atomic E-state index is 0.0179. The number of aryl methyl sites for hydroxylation is 2. The van der Waals surface area contributed by atoms with Crippen LogP contribution in [0.2, 0.25) is 0 Å². The van der Waals surface area contributed by atoms with Crippen molar-refractivity contribution in [3.05, 3.63) is 118 Å². The van der Waals surface area contributed by atoms with Gasteiger partial charge in [0.25, 0.3) is 0 Å². The summed E-state index contributed by atoms with van der Waals surface area (Å²) in [5, 5.41) is 9.55. The van der Waals surface area contributed by atoms with Crippen LogP contribution in [0.3, 0.4) is 0 Å². The van der Waals surface area contributed by atoms with Gasteiger partial charge in [0.2, 0.25) is 5.88 Å². The molecule has 1 fully saturated rings. The number of hydrogen-bond acceptors (Lipinski definition) is 11. The summed E-state index contributed by atoms with van der Waals surface area (Å²) in [5.74, 6) is 2.60. The number of pyridine rings is 1. The monoisotopic (exact) mass is 725 g/mol. The van der Waals surface area contributed by atoms with Crippen molar-refractivity contribution in [1.82, 2.24) is 19.5 Å². The molecule has 3 aromatic carbocycles. The number of aromatic nitrogens is 4. The summed E-state index contributed by atoms with van der Waals surface area (Å²) in [6, 6.07) is 23.3. The van der Waals surface area contributed by atoms with Crippen LogP contribution in [-0.2, 0) is 41.9 Å². The van der Waals surface area contributed by atoms with Crippen molar-refractivity contribution in [2.24, 2.45) is 0 Å². The van der Waals surface area contributed by atoms with Crippen LogP contribution in [0.15, 0.2) is 77.4 Å². The van der Waals surface area contributed by atoms with Crippen molar-refractivity contribution in [2.75, 3.05) is 26.9 Å². The smallest absolute Gasteiger partial charge is 0.338 e. The zero-order chi connectivity index (χ0) is 37.0. The number of methoxy groups -OCH3 is 1. The standard InChI is InChI=1S/C42H39N5O7/c1-26-44-33(25-53-26)12-15-52-38-20-32(42(48)49-2)18-36-41(38)46-39(47(36)23-34-13-16-50-34)21-30-11-10-29-19-37(30)51-14-4-5-28-17-27(22-43)8-9-31(28)24-54-40-7-3-6-35(29)45-40/h3,6-11,17-20,25,34H,4-5,12-16,21,23-24H2,1-2H3/t34-/m0/s1. The summed E-state index contributed by atoms with van der Waals surface area (Å²) in [6.07, 6.45) is 4.97. The van der Waals surface area contributed by atoms with Crippen LogP contribution >= 0.6 is 0 Å². The highest BCUT2D eigenvalue weighted by Crippen LogP contribution is 2.34. The molecule has 274 valence electrons. The molecule has 1 saturated heterocycles. The van der Waals surface area contributed by atoms with Gasteiger partial charge in [0, 0.05) is 43.6 Å². The Morgan fingerprint density at radius 3 is 2.72 bits per heavy atom. The predicted molar refractivity (Wildman–Crippen MR) is 198 cm³/mol. The van der Waals surface area contributed by atoms with Gasteiger partial charge in [-0.3, -0.25) is 0 Å². The van der Waals surface area contributed by atoms with E-state index < -0.39 is 5.97 Å². The molecule has 0 radical (unpaired) electrons. The van der Waals surface area contributed by atoms with Crippen molar-refractivity contribution >= 4 is 17.0 Å². The number of carbonyl (C=O) groups excluding carboxylic acids is 1. The summed E-state index contributed by atoms with van der Waals surface area (Å²) >= 11 is 0. The molecule has 2 aliphatic rings. The van der Waals surface area contributed by atoms with Crippen LogP contribution in [0.25, 0.3) is 22.3 Å². The van der Waals surface area contributed by atoms with Gasteiger partial charge in [-0.15, -0.1) is 0 Å². The second-order valence-corrected chi connectivity index (χ2v) is 13.4. The number of nitrogens with zero attached hydrogens (tertiary/aromatic N) is 5. The Morgan fingerprint density at radius 1 is 1.02 bits per heavy atom. The van der Waals surface area contributed by atoms with Crippen molar-refractivity contribution in [2.45, 2.75) is 58.3 Å². The van der Waals surface area contributed by atoms with Crippen molar-refractivity contribution < 1.29 is 32.9 Å². The lowest BCUT2D eigenvalue weighted by Crippen LogP contribution is -2.31. The Morgan fingerprint density at radius 2 is 1.93 bits per heavy atom. The Labute approximate surface area is 312 Å². The van der Waals surface area contributed by atoms with Crippen molar-refractivity contribution in [3.63, 3.8) is 0 Å². The van der Waals surface area contributed by atoms with Crippen LogP contribution < -0.4 is 14.2 Å². The highest BCUT2D eigenvalue weighted by atomic mass is 16.5. The van der Waals surface area contributed by atoms with E-state index in [1.165, 1.54) is 7.11 Å². The number of nitriles is 1. The summed E-state index contributed by atoms with van der Waals surface area (Å²) in [6.45, 7) is 4.18. The Bertz CT molecular complexity index is 2370. The predicted octanol–water partition coefficient (Wildman–Crippen LogP) is 6.96. The largest absolute Gasteiger partial charge is 0.493 e. The van der Waals surface area contributed by atoms with Crippen LogP contribution in [0.4, 0.5) is 0 Å². The molecule has 2 aliphatic heterocycles. The molecule has 1 atom stereocenters. The molecule has 0 spiro atoms. The molecular weight excluding hydrogens is 686 g/mol. The normalized spacial score (nSPS) is 15.2. The molecule has 6 aromatic rings. The van der Waals surface area contributed by atoms with Gasteiger partial charge < -0.3 is 32.7 Å². The average molecular weight is 726 g/mol. The SMILES string of the molecule is COC(=O)c1cc(OCCc2coc(C)n2)c2nc(Cc3ccc4cc3OCCCc3cc(C#N)ccc3COc3cccc-4n3)n(C[C@@H]3CCO3)c2c1. The number of benzene rings is 3. The maximum Gasteiger partial charge on any atom is 0.338 e. The van der Waals surface area contributed by atoms with E-state index in [4.69, 9.17) is 38.1 Å². The quantitative estimate of drug-likeness (QED) is 0.143. The van der Waals surface area contributed by atoms with Gasteiger partial charge in [-0.05, 0) is 66.8 Å². The van der Waals surface area contributed by atoms with E-state index in [1.807, 2.05) is 54.6 Å². The fourth-order valence-electron chi connectivity index (χ4n) is 6.83. The number of oxazole rings is 1. The second kappa shape index (κ2) is 15.4. The van der Waals surface area contributed by atoms with Crippen molar-refractivity contribution in [1.29, 1.82) is 5.26 Å². The van der Waals surface area contributed by atoms with Crippen LogP contribution in [0, 0.1) is 18.3 Å². The summed E-state index contributed by atoms with van der Waals surface area (Å²) < 4.78 is 37.5. The zero-order valence-corrected chi connectivity index (χ0v) is 30.2. The first-order valence-corrected chi connectivity index (χ1v) is 18.1. The molecule has 0 N–H and O–H groups in total. The lowest BCUT2D eigenvalue weighted by Gasteiger charge is -2.27. The third-order valence-electron chi connectivity index (χ3n) is 9.78. The van der Waals surface area contributed by atoms with Crippen LogP contribution in [0.5, 0.6) is 17.4 Å². The molecule has 0 amide bonds. The molecule has 0 aliphatic carbocycles. The maximum absolute atomic E-state index is 12.9. The maximum atomic E-state index is 12.9. The molecule has 0 unspecified atom stereocenters. The Balaban J connectivity index is 1.16. The number of hydrogen-bond donors (Lipinski definition) is 0. The molecule has 0 saturated carbocycles. The third-order valence-corrected chi connectivity index (χ3v) is 9.78. The summed E-state index contributed by atoms with van der Waals surface area (Å²) in [5.41, 5.74) is 7.79. The fourth-order valence-corrected chi connectivity index (χ4v) is 6.83. The number of imidazole rings is 1. The van der Waals surface area contributed by atoms with Gasteiger partial charge >= 0.3 is 5.97 Å². The number of carbonyl (C=O) groups is 1. The number of rotatable bonds is 9. The first-order chi connectivity index (χ1) is 26.4. The molecule has 12 heteroatoms. The van der Waals surface area contributed by atoms with Crippen LogP contribution in [-0.4, -0.2) is 58.5 Å². The zero-order valence-electron chi connectivity index (χ0n) is 30.2. The van der Waals surface area contributed by atoms with Gasteiger partial charge in [0.1, 0.15) is 35.7 Å². The molecular formula is C42H39N5O7. The van der Waals surface area contributed by atoms with E-state index in [0.717, 1.165) is 70.0 Å². The minimum Gasteiger partial charge on any atom is -0.493 e. The molecule has 3 aromatic heterocycles. The highest BCUT2D eigenvalue weighted by Gasteiger charge is 2.25. The van der Waals surface area contributed by atoms with E-state index in [1.54, 1.807) is 19.3 Å². The Kier molecular flexibility index (Phi) is 9.96. The van der Waals surface area contributed by atoms with Gasteiger partial charge in [-0.1, -0.05) is 24.3 Å². The fraction of sp³-hybridized carbons (Fsp3) is 0.310. The molecule has 5 heterocycles. The number of ether oxygens (including phenoxy) is 5. The van der Waals surface area contributed by atoms with E-state index in [-0.39, 0.29) is 6.10 Å². The first-order valence-electron chi connectivity index (χ1n) is 18.1. The van der Waals surface area contributed by atoms with Crippen molar-refractivity contribution in [3.8, 4) is 34.7 Å². The number of fused-ring (bicyclic) bond motifs is 7. The van der Waals surface area contributed by atoms with Gasteiger partial charge in [-0.2, -0.15) is 5.26 Å². The lowest BCUT2D eigenvalue weighted by atomic mass is 10.0. The Hall–Kier alpha value is -6.19. The van der Waals surface area contributed by atoms with Gasteiger partial charge in [0.15, 0.2) is 5.89 Å². The van der Waals surface area contributed by atoms with Crippen LogP contribution in [0.1, 0.15) is 62.9 Å². The van der Waals surface area contributed by atoms with E-state index >= 15 is 0 Å². The first kappa shape index (κ1) is 34.9. The van der Waals surface area contributed by atoms with Gasteiger partial charge in [0.05, 0.1) is 67.1 Å². The van der Waals surface area contributed by atoms with Gasteiger partial charge in [-0.25, -0.2) is 19.7 Å². The number of esters is 1. The van der Waals surface area contributed by atoms with E-state index in [9.17, 15) is 10.1 Å². The summed E-state index contributed by atoms with van der Waals surface area (Å²) in [4.78, 5) is 27.2. The van der Waals surface area contributed by atoms with E-state index in [2.05, 4.69) is 21.7 Å². The van der Waals surface area contributed by atoms with E-state index in [0.29, 0.717) is 80.0 Å². The third kappa shape index (κ3) is 7.49. The lowest BCUT2D eigenvalue weighted by molar-refractivity contribution is -0.0589. The topological polar surface area (TPSA) is 144 Å². The highest BCUT2D eigenvalue weighted by molar-refractivity contribution is 5.96. The molecule has 54 heavy (non-hydrogen) atoms. The summed E-state index contributed by atoms with van der Waals surface area (Å²) in [7, 11) is 1.36. The molecule has 12 nitrogen and oxygen atoms in total. The average Bonchev–Trinajstić information content (AvgIpc) is 3.75.